The van der Waals surface area contributed by atoms with Crippen molar-refractivity contribution in [2.75, 3.05) is 19.7 Å². The van der Waals surface area contributed by atoms with Gasteiger partial charge in [-0.05, 0) is 25.7 Å². The van der Waals surface area contributed by atoms with Crippen LogP contribution < -0.4 is 0 Å². The molecular weight excluding hydrogens is 232 g/mol. The summed E-state index contributed by atoms with van der Waals surface area (Å²) >= 11 is 0. The highest BCUT2D eigenvalue weighted by atomic mass is 16.5. The van der Waals surface area contributed by atoms with E-state index in [1.807, 2.05) is 6.92 Å². The molecule has 2 aliphatic rings. The van der Waals surface area contributed by atoms with Gasteiger partial charge in [-0.15, -0.1) is 0 Å². The number of aliphatic hydroxyl groups is 1. The van der Waals surface area contributed by atoms with E-state index in [9.17, 15) is 10.1 Å². The smallest absolute Gasteiger partial charge is 0.243 e. The largest absolute Gasteiger partial charge is 0.394 e. The molecule has 1 amide bonds. The number of hydrogen-bond donors (Lipinski definition) is 1. The van der Waals surface area contributed by atoms with Crippen LogP contribution in [0.3, 0.4) is 0 Å². The van der Waals surface area contributed by atoms with E-state index >= 15 is 0 Å². The van der Waals surface area contributed by atoms with Crippen molar-refractivity contribution in [1.82, 2.24) is 4.90 Å². The lowest BCUT2D eigenvalue weighted by atomic mass is 9.62. The van der Waals surface area contributed by atoms with Gasteiger partial charge in [-0.1, -0.05) is 6.92 Å². The minimum absolute atomic E-state index is 0.0864. The van der Waals surface area contributed by atoms with E-state index in [-0.39, 0.29) is 24.7 Å². The molecule has 100 valence electrons. The second kappa shape index (κ2) is 4.87. The van der Waals surface area contributed by atoms with Gasteiger partial charge in [0.2, 0.25) is 5.91 Å². The van der Waals surface area contributed by atoms with Crippen molar-refractivity contribution in [3.8, 4) is 6.07 Å². The number of carbonyl (C=O) groups excluding carboxylic acids is 1. The van der Waals surface area contributed by atoms with Gasteiger partial charge in [0.05, 0.1) is 24.9 Å². The Morgan fingerprint density at radius 3 is 2.67 bits per heavy atom. The summed E-state index contributed by atoms with van der Waals surface area (Å²) in [6, 6.07) is 2.20. The summed E-state index contributed by atoms with van der Waals surface area (Å²) in [4.78, 5) is 14.1. The van der Waals surface area contributed by atoms with E-state index in [4.69, 9.17) is 9.84 Å². The van der Waals surface area contributed by atoms with Gasteiger partial charge in [-0.2, -0.15) is 5.26 Å². The van der Waals surface area contributed by atoms with Crippen LogP contribution in [0.1, 0.15) is 26.7 Å². The molecule has 0 aromatic rings. The summed E-state index contributed by atoms with van der Waals surface area (Å²) in [5, 5.41) is 18.4. The second-order valence-corrected chi connectivity index (χ2v) is 5.67. The molecule has 18 heavy (non-hydrogen) atoms. The monoisotopic (exact) mass is 252 g/mol. The molecule has 5 nitrogen and oxygen atoms in total. The van der Waals surface area contributed by atoms with Crippen LogP contribution in [0.5, 0.6) is 0 Å². The number of morpholine rings is 1. The van der Waals surface area contributed by atoms with Crippen LogP contribution in [-0.4, -0.2) is 47.8 Å². The maximum atomic E-state index is 12.5. The molecule has 0 radical (unpaired) electrons. The lowest BCUT2D eigenvalue weighted by Gasteiger charge is -2.45. The van der Waals surface area contributed by atoms with Gasteiger partial charge in [0.15, 0.2) is 0 Å². The van der Waals surface area contributed by atoms with Crippen molar-refractivity contribution >= 4 is 5.91 Å². The van der Waals surface area contributed by atoms with Gasteiger partial charge in [0.1, 0.15) is 5.41 Å². The van der Waals surface area contributed by atoms with Gasteiger partial charge < -0.3 is 14.7 Å². The number of aliphatic hydroxyl groups excluding tert-OH is 1. The standard InChI is InChI=1S/C13H20N2O3/c1-9-3-13(4-9,8-14)12(17)15-5-10(2)18-11(6-15)7-16/h9-11,16H,3-7H2,1-2H3. The third-order valence-electron chi connectivity index (χ3n) is 3.83. The van der Waals surface area contributed by atoms with Crippen LogP contribution in [0.4, 0.5) is 0 Å². The molecule has 5 heteroatoms. The Kier molecular flexibility index (Phi) is 3.60. The topological polar surface area (TPSA) is 73.6 Å². The summed E-state index contributed by atoms with van der Waals surface area (Å²) in [6.07, 6.45) is 0.884. The van der Waals surface area contributed by atoms with Gasteiger partial charge >= 0.3 is 0 Å². The van der Waals surface area contributed by atoms with Crippen LogP contribution >= 0.6 is 0 Å². The molecule has 1 heterocycles. The summed E-state index contributed by atoms with van der Waals surface area (Å²) in [5.41, 5.74) is -0.823. The van der Waals surface area contributed by atoms with Crippen molar-refractivity contribution in [2.24, 2.45) is 11.3 Å². The SMILES string of the molecule is CC1CC(C#N)(C(=O)N2CC(C)OC(CO)C2)C1. The van der Waals surface area contributed by atoms with E-state index in [1.54, 1.807) is 4.90 Å². The predicted molar refractivity (Wildman–Crippen MR) is 64.4 cm³/mol. The van der Waals surface area contributed by atoms with Crippen LogP contribution in [0.2, 0.25) is 0 Å². The second-order valence-electron chi connectivity index (χ2n) is 5.67. The first kappa shape index (κ1) is 13.3. The number of nitrogens with zero attached hydrogens (tertiary/aromatic N) is 2. The number of carbonyl (C=O) groups is 1. The fourth-order valence-electron chi connectivity index (χ4n) is 3.06. The number of ether oxygens (including phenoxy) is 1. The number of amides is 1. The van der Waals surface area contributed by atoms with Gasteiger partial charge in [-0.25, -0.2) is 0 Å². The molecule has 0 spiro atoms. The van der Waals surface area contributed by atoms with E-state index in [0.717, 1.165) is 0 Å². The molecule has 2 atom stereocenters. The van der Waals surface area contributed by atoms with E-state index < -0.39 is 5.41 Å². The van der Waals surface area contributed by atoms with Gasteiger partial charge in [-0.3, -0.25) is 4.79 Å². The van der Waals surface area contributed by atoms with Crippen LogP contribution in [0, 0.1) is 22.7 Å². The molecule has 1 saturated heterocycles. The Bertz CT molecular complexity index is 371. The molecule has 2 unspecified atom stereocenters. The first-order chi connectivity index (χ1) is 8.50. The average Bonchev–Trinajstić information content (AvgIpc) is 2.33. The fourth-order valence-corrected chi connectivity index (χ4v) is 3.06. The zero-order chi connectivity index (χ0) is 13.3. The van der Waals surface area contributed by atoms with Gasteiger partial charge in [0.25, 0.3) is 0 Å². The van der Waals surface area contributed by atoms with Crippen molar-refractivity contribution in [3.05, 3.63) is 0 Å². The number of nitriles is 1. The molecule has 1 aliphatic carbocycles. The Labute approximate surface area is 107 Å². The summed E-state index contributed by atoms with van der Waals surface area (Å²) in [6.45, 7) is 4.74. The molecule has 0 bridgehead atoms. The average molecular weight is 252 g/mol. The lowest BCUT2D eigenvalue weighted by molar-refractivity contribution is -0.160. The molecule has 0 aromatic heterocycles. The van der Waals surface area contributed by atoms with Crippen molar-refractivity contribution in [3.63, 3.8) is 0 Å². The molecule has 0 aromatic carbocycles. The number of hydrogen-bond acceptors (Lipinski definition) is 4. The van der Waals surface area contributed by atoms with Crippen molar-refractivity contribution in [2.45, 2.75) is 38.9 Å². The first-order valence-electron chi connectivity index (χ1n) is 6.47. The minimum Gasteiger partial charge on any atom is -0.394 e. The van der Waals surface area contributed by atoms with Crippen LogP contribution in [-0.2, 0) is 9.53 Å². The third-order valence-corrected chi connectivity index (χ3v) is 3.83. The van der Waals surface area contributed by atoms with Crippen molar-refractivity contribution < 1.29 is 14.6 Å². The first-order valence-corrected chi connectivity index (χ1v) is 6.47. The number of rotatable bonds is 2. The summed E-state index contributed by atoms with van der Waals surface area (Å²) in [5.74, 6) is 0.359. The third kappa shape index (κ3) is 2.23. The molecule has 1 saturated carbocycles. The molecule has 1 aliphatic heterocycles. The Morgan fingerprint density at radius 1 is 1.50 bits per heavy atom. The molecular formula is C13H20N2O3. The Hall–Kier alpha value is -1.12. The minimum atomic E-state index is -0.823. The highest BCUT2D eigenvalue weighted by Gasteiger charge is 2.51. The zero-order valence-electron chi connectivity index (χ0n) is 10.9. The maximum absolute atomic E-state index is 12.5. The Morgan fingerprint density at radius 2 is 2.17 bits per heavy atom. The van der Waals surface area contributed by atoms with Crippen LogP contribution in [0.15, 0.2) is 0 Å². The highest BCUT2D eigenvalue weighted by molar-refractivity contribution is 5.86. The van der Waals surface area contributed by atoms with E-state index in [1.165, 1.54) is 0 Å². The predicted octanol–water partition coefficient (Wildman–Crippen LogP) is 0.534. The quantitative estimate of drug-likeness (QED) is 0.778. The van der Waals surface area contributed by atoms with Crippen molar-refractivity contribution in [1.29, 1.82) is 5.26 Å². The van der Waals surface area contributed by atoms with Crippen LogP contribution in [0.25, 0.3) is 0 Å². The highest BCUT2D eigenvalue weighted by Crippen LogP contribution is 2.46. The Balaban J connectivity index is 2.07. The van der Waals surface area contributed by atoms with E-state index in [0.29, 0.717) is 31.8 Å². The normalized spacial score (nSPS) is 39.9. The summed E-state index contributed by atoms with van der Waals surface area (Å²) in [7, 11) is 0. The van der Waals surface area contributed by atoms with E-state index in [2.05, 4.69) is 13.0 Å². The molecule has 2 rings (SSSR count). The fraction of sp³-hybridized carbons (Fsp3) is 0.846. The molecule has 2 fully saturated rings. The van der Waals surface area contributed by atoms with Gasteiger partial charge in [0, 0.05) is 13.1 Å². The lowest BCUT2D eigenvalue weighted by Crippen LogP contribution is -2.57. The summed E-state index contributed by atoms with van der Waals surface area (Å²) < 4.78 is 5.51. The molecule has 1 N–H and O–H groups in total. The zero-order valence-corrected chi connectivity index (χ0v) is 10.9. The maximum Gasteiger partial charge on any atom is 0.243 e.